The number of rotatable bonds is 0. The molecule has 0 aliphatic carbocycles. The van der Waals surface area contributed by atoms with Crippen molar-refractivity contribution in [2.24, 2.45) is 0 Å². The molecule has 0 fully saturated rings. The SMILES string of the molecule is Cc1cccc(C#CCBr)c1O. The summed E-state index contributed by atoms with van der Waals surface area (Å²) >= 11 is 3.19. The van der Waals surface area contributed by atoms with E-state index in [0.717, 1.165) is 5.56 Å². The Hall–Kier alpha value is -0.940. The number of para-hydroxylation sites is 1. The molecule has 62 valence electrons. The maximum absolute atomic E-state index is 9.51. The minimum atomic E-state index is 0.283. The number of aromatic hydroxyl groups is 1. The molecule has 1 aromatic carbocycles. The minimum Gasteiger partial charge on any atom is -0.506 e. The van der Waals surface area contributed by atoms with Gasteiger partial charge in [0.1, 0.15) is 5.75 Å². The van der Waals surface area contributed by atoms with Gasteiger partial charge in [0.25, 0.3) is 0 Å². The molecular weight excluding hydrogens is 216 g/mol. The van der Waals surface area contributed by atoms with E-state index in [0.29, 0.717) is 10.9 Å². The van der Waals surface area contributed by atoms with Gasteiger partial charge in [0, 0.05) is 0 Å². The number of halogens is 1. The molecule has 0 spiro atoms. The first-order valence-electron chi connectivity index (χ1n) is 3.59. The lowest BCUT2D eigenvalue weighted by Gasteiger charge is -1.99. The predicted molar refractivity (Wildman–Crippen MR) is 53.5 cm³/mol. The first kappa shape index (κ1) is 9.15. The second-order valence-electron chi connectivity index (χ2n) is 2.41. The summed E-state index contributed by atoms with van der Waals surface area (Å²) in [5.41, 5.74) is 1.55. The molecule has 0 atom stereocenters. The van der Waals surface area contributed by atoms with Gasteiger partial charge in [0.2, 0.25) is 0 Å². The van der Waals surface area contributed by atoms with Crippen LogP contribution in [0.4, 0.5) is 0 Å². The van der Waals surface area contributed by atoms with Crippen LogP contribution in [0.3, 0.4) is 0 Å². The Morgan fingerprint density at radius 3 is 2.92 bits per heavy atom. The van der Waals surface area contributed by atoms with Crippen molar-refractivity contribution in [3.05, 3.63) is 29.3 Å². The highest BCUT2D eigenvalue weighted by Crippen LogP contribution is 2.19. The molecular formula is C10H9BrO. The molecule has 2 heteroatoms. The smallest absolute Gasteiger partial charge is 0.134 e. The molecule has 0 saturated heterocycles. The van der Waals surface area contributed by atoms with Crippen molar-refractivity contribution >= 4 is 15.9 Å². The quantitative estimate of drug-likeness (QED) is 0.531. The molecule has 0 aliphatic heterocycles. The van der Waals surface area contributed by atoms with Gasteiger partial charge in [-0.2, -0.15) is 0 Å². The summed E-state index contributed by atoms with van der Waals surface area (Å²) in [6, 6.07) is 5.54. The highest BCUT2D eigenvalue weighted by molar-refractivity contribution is 9.09. The molecule has 0 amide bonds. The number of aryl methyl sites for hydroxylation is 1. The van der Waals surface area contributed by atoms with Crippen LogP contribution in [0.15, 0.2) is 18.2 Å². The summed E-state index contributed by atoms with van der Waals surface area (Å²) in [5, 5.41) is 10.1. The van der Waals surface area contributed by atoms with Crippen molar-refractivity contribution < 1.29 is 5.11 Å². The fraction of sp³-hybridized carbons (Fsp3) is 0.200. The summed E-state index contributed by atoms with van der Waals surface area (Å²) in [4.78, 5) is 0. The topological polar surface area (TPSA) is 20.2 Å². The zero-order valence-corrected chi connectivity index (χ0v) is 8.35. The second kappa shape index (κ2) is 4.18. The molecule has 1 N–H and O–H groups in total. The lowest BCUT2D eigenvalue weighted by Crippen LogP contribution is -1.80. The van der Waals surface area contributed by atoms with E-state index in [2.05, 4.69) is 27.8 Å². The van der Waals surface area contributed by atoms with Crippen LogP contribution < -0.4 is 0 Å². The molecule has 0 saturated carbocycles. The molecule has 0 aliphatic rings. The van der Waals surface area contributed by atoms with E-state index in [4.69, 9.17) is 0 Å². The number of phenols is 1. The van der Waals surface area contributed by atoms with Gasteiger partial charge in [-0.05, 0) is 18.6 Å². The Labute approximate surface area is 80.6 Å². The van der Waals surface area contributed by atoms with Gasteiger partial charge in [-0.3, -0.25) is 0 Å². The minimum absolute atomic E-state index is 0.283. The lowest BCUT2D eigenvalue weighted by atomic mass is 10.1. The highest BCUT2D eigenvalue weighted by Gasteiger charge is 1.98. The van der Waals surface area contributed by atoms with Gasteiger partial charge in [0.15, 0.2) is 0 Å². The zero-order valence-electron chi connectivity index (χ0n) is 6.76. The van der Waals surface area contributed by atoms with Crippen LogP contribution in [0.25, 0.3) is 0 Å². The molecule has 0 unspecified atom stereocenters. The summed E-state index contributed by atoms with van der Waals surface area (Å²) in [7, 11) is 0. The monoisotopic (exact) mass is 224 g/mol. The van der Waals surface area contributed by atoms with E-state index in [-0.39, 0.29) is 5.75 Å². The van der Waals surface area contributed by atoms with Gasteiger partial charge < -0.3 is 5.11 Å². The molecule has 0 aromatic heterocycles. The third-order valence-corrected chi connectivity index (χ3v) is 1.81. The molecule has 0 bridgehead atoms. The molecule has 0 radical (unpaired) electrons. The largest absolute Gasteiger partial charge is 0.506 e. The van der Waals surface area contributed by atoms with Crippen LogP contribution in [-0.4, -0.2) is 10.4 Å². The van der Waals surface area contributed by atoms with E-state index in [1.807, 2.05) is 19.1 Å². The summed E-state index contributed by atoms with van der Waals surface area (Å²) in [5.74, 6) is 5.98. The van der Waals surface area contributed by atoms with Crippen LogP contribution in [0.2, 0.25) is 0 Å². The zero-order chi connectivity index (χ0) is 8.97. The maximum Gasteiger partial charge on any atom is 0.134 e. The summed E-state index contributed by atoms with van der Waals surface area (Å²) in [6.07, 6.45) is 0. The molecule has 0 heterocycles. The standard InChI is InChI=1S/C10H9BrO/c1-8-4-2-5-9(10(8)12)6-3-7-11/h2,4-5,12H,7H2,1H3. The van der Waals surface area contributed by atoms with E-state index in [9.17, 15) is 5.11 Å². The fourth-order valence-corrected chi connectivity index (χ4v) is 1.03. The average Bonchev–Trinajstić information content (AvgIpc) is 2.08. The number of hydrogen-bond donors (Lipinski definition) is 1. The van der Waals surface area contributed by atoms with Gasteiger partial charge >= 0.3 is 0 Å². The van der Waals surface area contributed by atoms with Crippen LogP contribution in [0.5, 0.6) is 5.75 Å². The number of phenolic OH excluding ortho intramolecular Hbond substituents is 1. The Bertz CT molecular complexity index is 333. The van der Waals surface area contributed by atoms with Crippen molar-refractivity contribution in [1.29, 1.82) is 0 Å². The van der Waals surface area contributed by atoms with Crippen molar-refractivity contribution in [1.82, 2.24) is 0 Å². The van der Waals surface area contributed by atoms with Crippen molar-refractivity contribution in [3.63, 3.8) is 0 Å². The first-order chi connectivity index (χ1) is 5.75. The van der Waals surface area contributed by atoms with Crippen LogP contribution in [0.1, 0.15) is 11.1 Å². The van der Waals surface area contributed by atoms with E-state index in [1.165, 1.54) is 0 Å². The average molecular weight is 225 g/mol. The van der Waals surface area contributed by atoms with Crippen LogP contribution >= 0.6 is 15.9 Å². The third kappa shape index (κ3) is 2.02. The van der Waals surface area contributed by atoms with Gasteiger partial charge in [-0.25, -0.2) is 0 Å². The highest BCUT2D eigenvalue weighted by atomic mass is 79.9. The molecule has 1 rings (SSSR count). The molecule has 1 aromatic rings. The fourth-order valence-electron chi connectivity index (χ4n) is 0.888. The second-order valence-corrected chi connectivity index (χ2v) is 2.97. The Morgan fingerprint density at radius 2 is 2.25 bits per heavy atom. The van der Waals surface area contributed by atoms with Crippen LogP contribution in [-0.2, 0) is 0 Å². The number of alkyl halides is 1. The first-order valence-corrected chi connectivity index (χ1v) is 4.71. The molecule has 1 nitrogen and oxygen atoms in total. The van der Waals surface area contributed by atoms with E-state index in [1.54, 1.807) is 6.07 Å². The predicted octanol–water partition coefficient (Wildman–Crippen LogP) is 2.45. The van der Waals surface area contributed by atoms with Gasteiger partial charge in [-0.15, -0.1) is 0 Å². The summed E-state index contributed by atoms with van der Waals surface area (Å²) in [6.45, 7) is 1.86. The van der Waals surface area contributed by atoms with Gasteiger partial charge in [0.05, 0.1) is 10.9 Å². The Kier molecular flexibility index (Phi) is 3.19. The maximum atomic E-state index is 9.51. The number of hydrogen-bond acceptors (Lipinski definition) is 1. The Balaban J connectivity index is 3.08. The van der Waals surface area contributed by atoms with E-state index < -0.39 is 0 Å². The van der Waals surface area contributed by atoms with E-state index >= 15 is 0 Å². The lowest BCUT2D eigenvalue weighted by molar-refractivity contribution is 0.469. The van der Waals surface area contributed by atoms with Crippen molar-refractivity contribution in [2.45, 2.75) is 6.92 Å². The third-order valence-electron chi connectivity index (χ3n) is 1.53. The molecule has 12 heavy (non-hydrogen) atoms. The number of benzene rings is 1. The van der Waals surface area contributed by atoms with Crippen LogP contribution in [0, 0.1) is 18.8 Å². The van der Waals surface area contributed by atoms with Crippen molar-refractivity contribution in [2.75, 3.05) is 5.33 Å². The Morgan fingerprint density at radius 1 is 1.50 bits per heavy atom. The normalized spacial score (nSPS) is 8.83. The van der Waals surface area contributed by atoms with Crippen molar-refractivity contribution in [3.8, 4) is 17.6 Å². The summed E-state index contributed by atoms with van der Waals surface area (Å²) < 4.78 is 0. The van der Waals surface area contributed by atoms with Gasteiger partial charge in [-0.1, -0.05) is 39.9 Å².